The zero-order chi connectivity index (χ0) is 20.4. The van der Waals surface area contributed by atoms with Crippen molar-refractivity contribution >= 4 is 23.0 Å². The molecule has 0 radical (unpaired) electrons. The maximum atomic E-state index is 13.4. The lowest BCUT2D eigenvalue weighted by molar-refractivity contribution is 0.331. The van der Waals surface area contributed by atoms with Gasteiger partial charge in [0.2, 0.25) is 0 Å². The van der Waals surface area contributed by atoms with Crippen molar-refractivity contribution in [3.63, 3.8) is 0 Å². The van der Waals surface area contributed by atoms with Crippen molar-refractivity contribution in [3.05, 3.63) is 65.2 Å². The average Bonchev–Trinajstić information content (AvgIpc) is 3.18. The molecule has 2 aromatic carbocycles. The third kappa shape index (κ3) is 7.38. The number of nitrogens with zero attached hydrogens (tertiary/aromatic N) is 1. The lowest BCUT2D eigenvalue weighted by Gasteiger charge is -2.13. The predicted octanol–water partition coefficient (Wildman–Crippen LogP) is 3.13. The van der Waals surface area contributed by atoms with Gasteiger partial charge in [0.1, 0.15) is 11.6 Å². The van der Waals surface area contributed by atoms with Crippen LogP contribution in [0.1, 0.15) is 24.0 Å². The molecule has 1 saturated heterocycles. The molecule has 0 aliphatic carbocycles. The molecule has 0 spiro atoms. The first-order valence-corrected chi connectivity index (χ1v) is 9.60. The number of hydrogen-bond acceptors (Lipinski definition) is 4. The summed E-state index contributed by atoms with van der Waals surface area (Å²) >= 11 is 4.54. The molecule has 0 bridgehead atoms. The maximum absolute atomic E-state index is 13.4. The first kappa shape index (κ1) is 22.0. The molecule has 28 heavy (non-hydrogen) atoms. The van der Waals surface area contributed by atoms with Crippen LogP contribution in [0.4, 0.5) is 14.5 Å². The Hall–Kier alpha value is -2.29. The van der Waals surface area contributed by atoms with E-state index in [0.29, 0.717) is 0 Å². The van der Waals surface area contributed by atoms with Crippen LogP contribution in [0.3, 0.4) is 0 Å². The van der Waals surface area contributed by atoms with E-state index in [1.54, 1.807) is 0 Å². The van der Waals surface area contributed by atoms with E-state index >= 15 is 0 Å². The second kappa shape index (κ2) is 11.5. The van der Waals surface area contributed by atoms with Gasteiger partial charge in [-0.05, 0) is 49.8 Å². The Morgan fingerprint density at radius 2 is 1.79 bits per heavy atom. The largest absolute Gasteiger partial charge is 0.386 e. The van der Waals surface area contributed by atoms with Crippen molar-refractivity contribution in [1.29, 1.82) is 0 Å². The van der Waals surface area contributed by atoms with Gasteiger partial charge in [-0.1, -0.05) is 30.3 Å². The van der Waals surface area contributed by atoms with Gasteiger partial charge in [-0.15, -0.1) is 0 Å². The van der Waals surface area contributed by atoms with Crippen LogP contribution >= 0.6 is 12.2 Å². The van der Waals surface area contributed by atoms with Crippen molar-refractivity contribution in [1.82, 2.24) is 15.8 Å². The van der Waals surface area contributed by atoms with E-state index in [1.807, 2.05) is 0 Å². The van der Waals surface area contributed by atoms with Crippen LogP contribution in [0, 0.1) is 11.6 Å². The quantitative estimate of drug-likeness (QED) is 0.436. The molecule has 0 amide bonds. The van der Waals surface area contributed by atoms with Gasteiger partial charge in [0.15, 0.2) is 5.11 Å². The van der Waals surface area contributed by atoms with E-state index in [2.05, 4.69) is 63.6 Å². The summed E-state index contributed by atoms with van der Waals surface area (Å²) in [5, 5.41) is 2.58. The van der Waals surface area contributed by atoms with Crippen molar-refractivity contribution < 1.29 is 8.78 Å². The lowest BCUT2D eigenvalue weighted by atomic mass is 10.2. The predicted molar refractivity (Wildman–Crippen MR) is 114 cm³/mol. The van der Waals surface area contributed by atoms with Gasteiger partial charge in [-0.25, -0.2) is 14.2 Å². The molecule has 1 fully saturated rings. The summed E-state index contributed by atoms with van der Waals surface area (Å²) < 4.78 is 26.7. The fraction of sp³-hybridized carbons (Fsp3) is 0.350. The third-order valence-corrected chi connectivity index (χ3v) is 4.45. The van der Waals surface area contributed by atoms with E-state index in [1.165, 1.54) is 38.5 Å². The molecule has 8 heteroatoms. The molecule has 1 aliphatic heterocycles. The van der Waals surface area contributed by atoms with Gasteiger partial charge >= 0.3 is 0 Å². The van der Waals surface area contributed by atoms with Crippen LogP contribution in [0.25, 0.3) is 0 Å². The summed E-state index contributed by atoms with van der Waals surface area (Å²) in [6, 6.07) is 12.9. The molecule has 1 heterocycles. The molecule has 1 aliphatic rings. The Kier molecular flexibility index (Phi) is 9.06. The Balaban J connectivity index is 0.000000207. The molecular weight excluding hydrogens is 380 g/mol. The fourth-order valence-corrected chi connectivity index (χ4v) is 3.00. The van der Waals surface area contributed by atoms with Gasteiger partial charge in [0.05, 0.1) is 5.69 Å². The van der Waals surface area contributed by atoms with E-state index in [0.717, 1.165) is 18.7 Å². The van der Waals surface area contributed by atoms with Crippen LogP contribution in [0.5, 0.6) is 0 Å². The zero-order valence-corrected chi connectivity index (χ0v) is 16.8. The molecule has 5 nitrogen and oxygen atoms in total. The van der Waals surface area contributed by atoms with Crippen LogP contribution in [0.2, 0.25) is 0 Å². The topological polar surface area (TPSA) is 65.3 Å². The number of nitrogens with one attached hydrogen (secondary N) is 3. The number of nitrogens with two attached hydrogens (primary N) is 1. The van der Waals surface area contributed by atoms with Crippen molar-refractivity contribution in [2.45, 2.75) is 25.9 Å². The number of hydrogen-bond donors (Lipinski definition) is 4. The highest BCUT2D eigenvalue weighted by atomic mass is 32.1. The number of halogens is 2. The monoisotopic (exact) mass is 407 g/mol. The summed E-state index contributed by atoms with van der Waals surface area (Å²) in [7, 11) is 1.52. The highest BCUT2D eigenvalue weighted by molar-refractivity contribution is 7.80. The van der Waals surface area contributed by atoms with E-state index < -0.39 is 11.6 Å². The van der Waals surface area contributed by atoms with E-state index in [-0.39, 0.29) is 22.9 Å². The Labute approximate surface area is 170 Å². The van der Waals surface area contributed by atoms with Crippen molar-refractivity contribution in [3.8, 4) is 0 Å². The smallest absolute Gasteiger partial charge is 0.178 e. The molecule has 5 N–H and O–H groups in total. The molecule has 0 saturated carbocycles. The minimum atomic E-state index is -0.518. The lowest BCUT2D eigenvalue weighted by Crippen LogP contribution is -2.40. The zero-order valence-electron chi connectivity index (χ0n) is 16.0. The second-order valence-electron chi connectivity index (χ2n) is 6.49. The average molecular weight is 408 g/mol. The standard InChI is InChI=1S/C11H15N.C9H12F2N4S/c1-2-6-11(7-3-1)10-12-8-4-5-9-12;1-13-8-3-6(10)5(2-7(8)11)4-14-15-9(12)16/h1-3,6-7H,4-5,8-10H2;2-3,13-14H,4H2,1H3,(H3,12,15,16). The molecule has 152 valence electrons. The van der Waals surface area contributed by atoms with Crippen molar-refractivity contribution in [2.75, 3.05) is 25.5 Å². The summed E-state index contributed by atoms with van der Waals surface area (Å²) in [6.07, 6.45) is 2.76. The third-order valence-electron chi connectivity index (χ3n) is 4.34. The van der Waals surface area contributed by atoms with Crippen molar-refractivity contribution in [2.24, 2.45) is 5.73 Å². The fourth-order valence-electron chi connectivity index (χ4n) is 2.92. The number of anilines is 1. The van der Waals surface area contributed by atoms with Gasteiger partial charge in [0, 0.05) is 31.8 Å². The van der Waals surface area contributed by atoms with Crippen LogP contribution in [0.15, 0.2) is 42.5 Å². The normalized spacial score (nSPS) is 13.5. The number of benzene rings is 2. The number of hydrazine groups is 1. The molecular formula is C20H27F2N5S. The molecule has 0 aromatic heterocycles. The van der Waals surface area contributed by atoms with E-state index in [9.17, 15) is 8.78 Å². The molecule has 2 aromatic rings. The van der Waals surface area contributed by atoms with Gasteiger partial charge in [0.25, 0.3) is 0 Å². The summed E-state index contributed by atoms with van der Waals surface area (Å²) in [5.41, 5.74) is 11.9. The number of likely N-dealkylation sites (tertiary alicyclic amines) is 1. The summed E-state index contributed by atoms with van der Waals surface area (Å²) in [5.74, 6) is -1.03. The van der Waals surface area contributed by atoms with E-state index in [4.69, 9.17) is 5.73 Å². The van der Waals surface area contributed by atoms with Crippen LogP contribution in [-0.2, 0) is 13.1 Å². The number of thiocarbonyl (C=S) groups is 1. The number of rotatable bonds is 6. The minimum absolute atomic E-state index is 0.0349. The minimum Gasteiger partial charge on any atom is -0.386 e. The summed E-state index contributed by atoms with van der Waals surface area (Å²) in [4.78, 5) is 2.52. The van der Waals surface area contributed by atoms with Crippen LogP contribution in [-0.4, -0.2) is 30.1 Å². The highest BCUT2D eigenvalue weighted by Crippen LogP contribution is 2.18. The first-order chi connectivity index (χ1) is 13.5. The highest BCUT2D eigenvalue weighted by Gasteiger charge is 2.11. The van der Waals surface area contributed by atoms with Gasteiger partial charge < -0.3 is 11.1 Å². The summed E-state index contributed by atoms with van der Waals surface area (Å²) in [6.45, 7) is 3.79. The SMILES string of the molecule is CNc1cc(F)c(CNNC(N)=S)cc1F.c1ccc(CN2CCCC2)cc1. The Morgan fingerprint density at radius 3 is 2.39 bits per heavy atom. The Bertz CT molecular complexity index is 752. The Morgan fingerprint density at radius 1 is 1.11 bits per heavy atom. The second-order valence-corrected chi connectivity index (χ2v) is 6.92. The van der Waals surface area contributed by atoms with Gasteiger partial charge in [-0.3, -0.25) is 10.3 Å². The van der Waals surface area contributed by atoms with Gasteiger partial charge in [-0.2, -0.15) is 0 Å². The van der Waals surface area contributed by atoms with Crippen LogP contribution < -0.4 is 21.9 Å². The first-order valence-electron chi connectivity index (χ1n) is 9.20. The molecule has 3 rings (SSSR count). The molecule has 0 unspecified atom stereocenters. The molecule has 0 atom stereocenters. The maximum Gasteiger partial charge on any atom is 0.178 e.